The minimum atomic E-state index is 0.0687. The van der Waals surface area contributed by atoms with E-state index in [1.54, 1.807) is 7.11 Å². The van der Waals surface area contributed by atoms with Crippen molar-refractivity contribution in [1.29, 1.82) is 0 Å². The smallest absolute Gasteiger partial charge is 0.267 e. The first-order valence-electron chi connectivity index (χ1n) is 10.2. The quantitative estimate of drug-likeness (QED) is 0.596. The Morgan fingerprint density at radius 1 is 1.07 bits per heavy atom. The van der Waals surface area contributed by atoms with E-state index in [0.717, 1.165) is 39.9 Å². The third-order valence-corrected chi connectivity index (χ3v) is 6.61. The molecule has 1 aliphatic heterocycles. The number of rotatable bonds is 4. The molecule has 4 nitrogen and oxygen atoms in total. The van der Waals surface area contributed by atoms with Gasteiger partial charge in [0.1, 0.15) is 5.75 Å². The summed E-state index contributed by atoms with van der Waals surface area (Å²) in [5, 5.41) is 0.791. The first-order chi connectivity index (χ1) is 14.2. The van der Waals surface area contributed by atoms with Crippen molar-refractivity contribution in [3.8, 4) is 5.75 Å². The number of thioether (sulfide) groups is 1. The Hall–Kier alpha value is -2.53. The van der Waals surface area contributed by atoms with Gasteiger partial charge in [0.2, 0.25) is 0 Å². The minimum Gasteiger partial charge on any atom is -0.497 e. The predicted molar refractivity (Wildman–Crippen MR) is 120 cm³/mol. The molecule has 29 heavy (non-hydrogen) atoms. The van der Waals surface area contributed by atoms with Crippen LogP contribution in [-0.4, -0.2) is 29.1 Å². The molecule has 0 radical (unpaired) electrons. The zero-order chi connectivity index (χ0) is 20.2. The molecule has 4 rings (SSSR count). The fourth-order valence-electron chi connectivity index (χ4n) is 4.00. The van der Waals surface area contributed by atoms with Crippen LogP contribution in [0.25, 0.3) is 6.08 Å². The van der Waals surface area contributed by atoms with Crippen molar-refractivity contribution in [2.75, 3.05) is 7.11 Å². The van der Waals surface area contributed by atoms with Gasteiger partial charge < -0.3 is 4.74 Å². The van der Waals surface area contributed by atoms with Crippen LogP contribution in [0.15, 0.2) is 64.5 Å². The summed E-state index contributed by atoms with van der Waals surface area (Å²) in [6.45, 7) is 2.26. The number of nitrogens with zero attached hydrogens (tertiary/aromatic N) is 2. The highest BCUT2D eigenvalue weighted by atomic mass is 32.2. The van der Waals surface area contributed by atoms with Crippen LogP contribution in [0.1, 0.15) is 38.2 Å². The molecule has 2 aliphatic rings. The van der Waals surface area contributed by atoms with E-state index in [-0.39, 0.29) is 11.9 Å². The lowest BCUT2D eigenvalue weighted by molar-refractivity contribution is -0.124. The summed E-state index contributed by atoms with van der Waals surface area (Å²) in [4.78, 5) is 20.9. The van der Waals surface area contributed by atoms with Crippen LogP contribution in [0.2, 0.25) is 0 Å². The zero-order valence-corrected chi connectivity index (χ0v) is 17.7. The highest BCUT2D eigenvalue weighted by Crippen LogP contribution is 2.40. The number of methoxy groups -OCH3 is 1. The summed E-state index contributed by atoms with van der Waals surface area (Å²) in [7, 11) is 1.65. The monoisotopic (exact) mass is 406 g/mol. The van der Waals surface area contributed by atoms with Gasteiger partial charge in [-0.1, -0.05) is 50.1 Å². The van der Waals surface area contributed by atoms with Crippen LogP contribution in [0, 0.1) is 5.92 Å². The van der Waals surface area contributed by atoms with Gasteiger partial charge in [0.15, 0.2) is 5.17 Å². The van der Waals surface area contributed by atoms with Crippen LogP contribution in [0.3, 0.4) is 0 Å². The van der Waals surface area contributed by atoms with Gasteiger partial charge in [-0.15, -0.1) is 0 Å². The van der Waals surface area contributed by atoms with E-state index < -0.39 is 0 Å². The topological polar surface area (TPSA) is 41.9 Å². The maximum atomic E-state index is 13.4. The fraction of sp³-hybridized carbons (Fsp3) is 0.333. The lowest BCUT2D eigenvalue weighted by atomic mass is 9.85. The summed E-state index contributed by atoms with van der Waals surface area (Å²) < 4.78 is 5.23. The third-order valence-electron chi connectivity index (χ3n) is 5.63. The highest BCUT2D eigenvalue weighted by molar-refractivity contribution is 8.18. The van der Waals surface area contributed by atoms with E-state index in [0.29, 0.717) is 5.92 Å². The molecule has 150 valence electrons. The standard InChI is InChI=1S/C24H26N2O2S/c1-17-8-6-7-11-21(17)26-23(27)22(16-18-12-14-20(28-2)15-13-18)29-24(26)25-19-9-4-3-5-10-19/h3-5,9-10,12-17,21H,6-8,11H2,1-2H3/b22-16-,25-24?/t17-,21+/m0/s1. The maximum absolute atomic E-state index is 13.4. The van der Waals surface area contributed by atoms with Gasteiger partial charge >= 0.3 is 0 Å². The molecule has 2 aromatic carbocycles. The first kappa shape index (κ1) is 19.8. The fourth-order valence-corrected chi connectivity index (χ4v) is 5.05. The number of hydrogen-bond donors (Lipinski definition) is 0. The molecule has 2 fully saturated rings. The van der Waals surface area contributed by atoms with Crippen molar-refractivity contribution in [3.63, 3.8) is 0 Å². The van der Waals surface area contributed by atoms with Crippen molar-refractivity contribution in [2.24, 2.45) is 10.9 Å². The Morgan fingerprint density at radius 3 is 2.48 bits per heavy atom. The van der Waals surface area contributed by atoms with Crippen molar-refractivity contribution >= 4 is 34.6 Å². The van der Waals surface area contributed by atoms with Gasteiger partial charge in [0, 0.05) is 6.04 Å². The Kier molecular flexibility index (Phi) is 6.05. The summed E-state index contributed by atoms with van der Waals surface area (Å²) in [6, 6.07) is 17.9. The first-order valence-corrected chi connectivity index (χ1v) is 11.0. The summed E-state index contributed by atoms with van der Waals surface area (Å²) in [5.41, 5.74) is 1.86. The van der Waals surface area contributed by atoms with Crippen LogP contribution in [-0.2, 0) is 4.79 Å². The normalized spacial score (nSPS) is 25.0. The highest BCUT2D eigenvalue weighted by Gasteiger charge is 2.41. The van der Waals surface area contributed by atoms with Crippen LogP contribution in [0.5, 0.6) is 5.75 Å². The van der Waals surface area contributed by atoms with Crippen LogP contribution < -0.4 is 4.74 Å². The van der Waals surface area contributed by atoms with Gasteiger partial charge in [-0.05, 0) is 66.4 Å². The van der Waals surface area contributed by atoms with Gasteiger partial charge in [0.05, 0.1) is 17.7 Å². The molecule has 2 atom stereocenters. The van der Waals surface area contributed by atoms with E-state index in [1.807, 2.05) is 65.6 Å². The Balaban J connectivity index is 1.69. The van der Waals surface area contributed by atoms with E-state index in [1.165, 1.54) is 24.6 Å². The molecule has 0 bridgehead atoms. The maximum Gasteiger partial charge on any atom is 0.267 e. The van der Waals surface area contributed by atoms with Crippen molar-refractivity contribution in [2.45, 2.75) is 38.6 Å². The largest absolute Gasteiger partial charge is 0.497 e. The molecule has 0 N–H and O–H groups in total. The number of aliphatic imine (C=N–C) groups is 1. The van der Waals surface area contributed by atoms with E-state index >= 15 is 0 Å². The Morgan fingerprint density at radius 2 is 1.79 bits per heavy atom. The summed E-state index contributed by atoms with van der Waals surface area (Å²) in [6.07, 6.45) is 6.57. The molecular formula is C24H26N2O2S. The van der Waals surface area contributed by atoms with Crippen LogP contribution in [0.4, 0.5) is 5.69 Å². The third kappa shape index (κ3) is 4.40. The lowest BCUT2D eigenvalue weighted by Gasteiger charge is -2.35. The summed E-state index contributed by atoms with van der Waals surface area (Å²) >= 11 is 1.48. The molecule has 2 aromatic rings. The average molecular weight is 407 g/mol. The van der Waals surface area contributed by atoms with Crippen molar-refractivity contribution in [1.82, 2.24) is 4.90 Å². The van der Waals surface area contributed by atoms with E-state index in [4.69, 9.17) is 9.73 Å². The number of para-hydroxylation sites is 1. The number of amides is 1. The molecule has 0 aromatic heterocycles. The SMILES string of the molecule is COc1ccc(/C=C2\SC(=Nc3ccccc3)N([C@@H]3CCCC[C@@H]3C)C2=O)cc1. The molecule has 1 heterocycles. The van der Waals surface area contributed by atoms with Crippen molar-refractivity contribution < 1.29 is 9.53 Å². The second kappa shape index (κ2) is 8.87. The Labute approximate surface area is 176 Å². The van der Waals surface area contributed by atoms with Gasteiger partial charge in [-0.3, -0.25) is 9.69 Å². The number of amidine groups is 1. The minimum absolute atomic E-state index is 0.0687. The second-order valence-corrected chi connectivity index (χ2v) is 8.63. The van der Waals surface area contributed by atoms with Gasteiger partial charge in [-0.25, -0.2) is 4.99 Å². The zero-order valence-electron chi connectivity index (χ0n) is 16.9. The number of carbonyl (C=O) groups excluding carboxylic acids is 1. The second-order valence-electron chi connectivity index (χ2n) is 7.62. The van der Waals surface area contributed by atoms with Gasteiger partial charge in [0.25, 0.3) is 5.91 Å². The lowest BCUT2D eigenvalue weighted by Crippen LogP contribution is -2.44. The van der Waals surface area contributed by atoms with Crippen LogP contribution >= 0.6 is 11.8 Å². The molecule has 1 amide bonds. The number of ether oxygens (including phenoxy) is 1. The molecule has 0 unspecified atom stereocenters. The average Bonchev–Trinajstić information content (AvgIpc) is 3.04. The molecule has 5 heteroatoms. The van der Waals surface area contributed by atoms with E-state index in [2.05, 4.69) is 6.92 Å². The van der Waals surface area contributed by atoms with Gasteiger partial charge in [-0.2, -0.15) is 0 Å². The Bertz CT molecular complexity index is 922. The molecule has 1 saturated heterocycles. The molecule has 1 aliphatic carbocycles. The molecular weight excluding hydrogens is 380 g/mol. The molecule has 0 spiro atoms. The van der Waals surface area contributed by atoms with Crippen molar-refractivity contribution in [3.05, 3.63) is 65.1 Å². The number of benzene rings is 2. The number of carbonyl (C=O) groups is 1. The molecule has 1 saturated carbocycles. The summed E-state index contributed by atoms with van der Waals surface area (Å²) in [5.74, 6) is 1.36. The predicted octanol–water partition coefficient (Wildman–Crippen LogP) is 5.88. The van der Waals surface area contributed by atoms with E-state index in [9.17, 15) is 4.79 Å². The number of hydrogen-bond acceptors (Lipinski definition) is 4.